The van der Waals surface area contributed by atoms with E-state index in [1.54, 1.807) is 0 Å². The lowest BCUT2D eigenvalue weighted by atomic mass is 10.1. The molecule has 20 heavy (non-hydrogen) atoms. The fourth-order valence-corrected chi connectivity index (χ4v) is 3.30. The van der Waals surface area contributed by atoms with Crippen molar-refractivity contribution in [3.63, 3.8) is 0 Å². The molecule has 4 nitrogen and oxygen atoms in total. The molecule has 0 unspecified atom stereocenters. The number of hydrogen-bond donors (Lipinski definition) is 1. The summed E-state index contributed by atoms with van der Waals surface area (Å²) in [6, 6.07) is 6.50. The fraction of sp³-hybridized carbons (Fsp3) is 0.375. The number of benzene rings is 1. The van der Waals surface area contributed by atoms with Gasteiger partial charge >= 0.3 is 0 Å². The molecule has 2 aliphatic rings. The molecule has 102 valence electrons. The Morgan fingerprint density at radius 1 is 1.15 bits per heavy atom. The van der Waals surface area contributed by atoms with E-state index in [9.17, 15) is 0 Å². The maximum Gasteiger partial charge on any atom is 0.161 e. The Morgan fingerprint density at radius 3 is 2.95 bits per heavy atom. The first kappa shape index (κ1) is 11.7. The molecule has 2 heterocycles. The van der Waals surface area contributed by atoms with Crippen LogP contribution in [0.2, 0.25) is 0 Å². The van der Waals surface area contributed by atoms with Crippen LogP contribution in [-0.2, 0) is 19.3 Å². The van der Waals surface area contributed by atoms with E-state index in [0.717, 1.165) is 54.9 Å². The minimum atomic E-state index is 0.667. The molecule has 1 aromatic heterocycles. The Bertz CT molecular complexity index is 693. The van der Waals surface area contributed by atoms with Crippen LogP contribution in [0.3, 0.4) is 0 Å². The molecule has 0 saturated heterocycles. The van der Waals surface area contributed by atoms with Crippen LogP contribution in [0.25, 0.3) is 11.4 Å². The first-order valence-corrected chi connectivity index (χ1v) is 7.22. The van der Waals surface area contributed by atoms with Gasteiger partial charge in [-0.25, -0.2) is 9.97 Å². The highest BCUT2D eigenvalue weighted by atomic mass is 15.1. The zero-order valence-corrected chi connectivity index (χ0v) is 11.7. The molecule has 2 N–H and O–H groups in total. The van der Waals surface area contributed by atoms with Crippen molar-refractivity contribution < 1.29 is 0 Å². The van der Waals surface area contributed by atoms with Crippen molar-refractivity contribution in [2.24, 2.45) is 0 Å². The molecule has 4 heteroatoms. The number of nitrogens with zero attached hydrogens (tertiary/aromatic N) is 3. The third-order valence-corrected chi connectivity index (χ3v) is 4.43. The van der Waals surface area contributed by atoms with Gasteiger partial charge in [-0.3, -0.25) is 0 Å². The van der Waals surface area contributed by atoms with E-state index in [1.807, 2.05) is 0 Å². The van der Waals surface area contributed by atoms with Crippen LogP contribution in [0, 0.1) is 0 Å². The smallest absolute Gasteiger partial charge is 0.161 e. The minimum absolute atomic E-state index is 0.667. The molecule has 0 amide bonds. The van der Waals surface area contributed by atoms with Gasteiger partial charge in [-0.2, -0.15) is 0 Å². The summed E-state index contributed by atoms with van der Waals surface area (Å²) in [6.07, 6.45) is 4.30. The van der Waals surface area contributed by atoms with E-state index in [0.29, 0.717) is 5.82 Å². The monoisotopic (exact) mass is 266 g/mol. The van der Waals surface area contributed by atoms with Gasteiger partial charge in [-0.15, -0.1) is 0 Å². The quantitative estimate of drug-likeness (QED) is 0.859. The Kier molecular flexibility index (Phi) is 2.46. The molecule has 0 bridgehead atoms. The van der Waals surface area contributed by atoms with E-state index < -0.39 is 0 Å². The Morgan fingerprint density at radius 2 is 2.05 bits per heavy atom. The first-order chi connectivity index (χ1) is 9.72. The minimum Gasteiger partial charge on any atom is -0.383 e. The number of nitrogen functional groups attached to an aromatic ring is 1. The maximum atomic E-state index is 6.09. The van der Waals surface area contributed by atoms with Gasteiger partial charge in [0.1, 0.15) is 5.82 Å². The van der Waals surface area contributed by atoms with Crippen molar-refractivity contribution in [3.05, 3.63) is 35.0 Å². The van der Waals surface area contributed by atoms with Crippen LogP contribution >= 0.6 is 0 Å². The van der Waals surface area contributed by atoms with E-state index in [-0.39, 0.29) is 0 Å². The van der Waals surface area contributed by atoms with Crippen molar-refractivity contribution in [1.29, 1.82) is 0 Å². The van der Waals surface area contributed by atoms with Crippen LogP contribution in [0.4, 0.5) is 11.5 Å². The van der Waals surface area contributed by atoms with E-state index >= 15 is 0 Å². The molecule has 0 saturated carbocycles. The number of aryl methyl sites for hydroxylation is 1. The van der Waals surface area contributed by atoms with Gasteiger partial charge in [0, 0.05) is 36.1 Å². The largest absolute Gasteiger partial charge is 0.383 e. The lowest BCUT2D eigenvalue weighted by Crippen LogP contribution is -2.12. The Labute approximate surface area is 118 Å². The molecule has 0 radical (unpaired) electrons. The molecular weight excluding hydrogens is 248 g/mol. The summed E-state index contributed by atoms with van der Waals surface area (Å²) in [5.41, 5.74) is 12.2. The van der Waals surface area contributed by atoms with Crippen molar-refractivity contribution in [1.82, 2.24) is 9.97 Å². The summed E-state index contributed by atoms with van der Waals surface area (Å²) in [7, 11) is 2.13. The van der Waals surface area contributed by atoms with E-state index in [1.165, 1.54) is 11.3 Å². The van der Waals surface area contributed by atoms with Crippen molar-refractivity contribution in [2.75, 3.05) is 24.2 Å². The van der Waals surface area contributed by atoms with Gasteiger partial charge in [0.2, 0.25) is 0 Å². The van der Waals surface area contributed by atoms with Gasteiger partial charge in [0.15, 0.2) is 5.82 Å². The first-order valence-electron chi connectivity index (χ1n) is 7.22. The molecule has 0 atom stereocenters. The lowest BCUT2D eigenvalue weighted by molar-refractivity contribution is 0.900. The summed E-state index contributed by atoms with van der Waals surface area (Å²) in [5, 5.41) is 0. The molecule has 1 aliphatic carbocycles. The van der Waals surface area contributed by atoms with Gasteiger partial charge < -0.3 is 10.6 Å². The van der Waals surface area contributed by atoms with Crippen LogP contribution in [0.5, 0.6) is 0 Å². The highest BCUT2D eigenvalue weighted by Gasteiger charge is 2.20. The summed E-state index contributed by atoms with van der Waals surface area (Å²) < 4.78 is 0. The second-order valence-electron chi connectivity index (χ2n) is 5.73. The molecule has 0 spiro atoms. The topological polar surface area (TPSA) is 55.0 Å². The van der Waals surface area contributed by atoms with E-state index in [4.69, 9.17) is 10.7 Å². The van der Waals surface area contributed by atoms with Crippen LogP contribution in [0.15, 0.2) is 18.2 Å². The number of anilines is 2. The zero-order valence-electron chi connectivity index (χ0n) is 11.7. The third-order valence-electron chi connectivity index (χ3n) is 4.43. The number of nitrogens with two attached hydrogens (primary N) is 1. The Hall–Kier alpha value is -2.10. The maximum absolute atomic E-state index is 6.09. The van der Waals surface area contributed by atoms with Crippen molar-refractivity contribution >= 4 is 11.5 Å². The summed E-state index contributed by atoms with van der Waals surface area (Å²) in [4.78, 5) is 11.5. The average molecular weight is 266 g/mol. The zero-order chi connectivity index (χ0) is 13.7. The second kappa shape index (κ2) is 4.20. The van der Waals surface area contributed by atoms with Gasteiger partial charge in [0.25, 0.3) is 0 Å². The molecule has 0 fully saturated rings. The second-order valence-corrected chi connectivity index (χ2v) is 5.73. The normalized spacial score (nSPS) is 16.4. The van der Waals surface area contributed by atoms with Gasteiger partial charge in [0.05, 0.1) is 0 Å². The molecule has 1 aliphatic heterocycles. The number of fused-ring (bicyclic) bond motifs is 2. The highest BCUT2D eigenvalue weighted by Crippen LogP contribution is 2.32. The van der Waals surface area contributed by atoms with Crippen molar-refractivity contribution in [3.8, 4) is 11.4 Å². The van der Waals surface area contributed by atoms with Gasteiger partial charge in [-0.1, -0.05) is 0 Å². The van der Waals surface area contributed by atoms with E-state index in [2.05, 4.69) is 35.1 Å². The number of hydrogen-bond acceptors (Lipinski definition) is 4. The predicted molar refractivity (Wildman–Crippen MR) is 80.9 cm³/mol. The molecule has 1 aromatic carbocycles. The summed E-state index contributed by atoms with van der Waals surface area (Å²) in [6.45, 7) is 1.09. The Balaban J connectivity index is 1.80. The molecule has 4 rings (SSSR count). The lowest BCUT2D eigenvalue weighted by Gasteiger charge is -2.12. The summed E-state index contributed by atoms with van der Waals surface area (Å²) in [5.74, 6) is 1.45. The number of rotatable bonds is 1. The predicted octanol–water partition coefficient (Wildman–Crippen LogP) is 2.21. The fourth-order valence-electron chi connectivity index (χ4n) is 3.30. The van der Waals surface area contributed by atoms with Crippen LogP contribution < -0.4 is 10.6 Å². The van der Waals surface area contributed by atoms with Crippen molar-refractivity contribution in [2.45, 2.75) is 25.7 Å². The molecule has 2 aromatic rings. The highest BCUT2D eigenvalue weighted by molar-refractivity contribution is 5.68. The number of aromatic nitrogens is 2. The SMILES string of the molecule is CN1CCc2cc(-c3nc(N)c4c(n3)CCC4)ccc21. The average Bonchev–Trinajstić information content (AvgIpc) is 3.06. The standard InChI is InChI=1S/C16H18N4/c1-20-8-7-10-9-11(5-6-14(10)20)16-18-13-4-2-3-12(13)15(17)19-16/h5-6,9H,2-4,7-8H2,1H3,(H2,17,18,19). The molecular formula is C16H18N4. The number of likely N-dealkylation sites (N-methyl/N-ethyl adjacent to an activating group) is 1. The third kappa shape index (κ3) is 1.68. The van der Waals surface area contributed by atoms with Crippen LogP contribution in [0.1, 0.15) is 23.2 Å². The summed E-state index contributed by atoms with van der Waals surface area (Å²) >= 11 is 0. The van der Waals surface area contributed by atoms with Crippen LogP contribution in [-0.4, -0.2) is 23.6 Å². The van der Waals surface area contributed by atoms with Gasteiger partial charge in [-0.05, 0) is 49.4 Å².